The maximum Gasteiger partial charge on any atom is 0.266 e. The summed E-state index contributed by atoms with van der Waals surface area (Å²) < 4.78 is 1.52. The lowest BCUT2D eigenvalue weighted by molar-refractivity contribution is 0.103. The van der Waals surface area contributed by atoms with E-state index in [4.69, 9.17) is 0 Å². The highest BCUT2D eigenvalue weighted by Crippen LogP contribution is 2.27. The number of aryl methyl sites for hydroxylation is 1. The van der Waals surface area contributed by atoms with Crippen LogP contribution in [0.4, 0.5) is 5.69 Å². The Balaban J connectivity index is 1.79. The van der Waals surface area contributed by atoms with Crippen molar-refractivity contribution in [1.82, 2.24) is 9.38 Å². The highest BCUT2D eigenvalue weighted by molar-refractivity contribution is 7.98. The number of pyridine rings is 1. The molecular weight excluding hydrogens is 366 g/mol. The molecule has 0 saturated heterocycles. The SMILES string of the molecule is CSc1ccccc1NC(=O)c1cc2c(=O)n3cccc(C)c3nc2s1. The normalized spacial score (nSPS) is 11.2. The third-order valence-electron chi connectivity index (χ3n) is 4.11. The molecule has 3 aromatic heterocycles. The highest BCUT2D eigenvalue weighted by Gasteiger charge is 2.16. The van der Waals surface area contributed by atoms with Crippen molar-refractivity contribution < 1.29 is 4.79 Å². The topological polar surface area (TPSA) is 63.5 Å². The summed E-state index contributed by atoms with van der Waals surface area (Å²) in [5.41, 5.74) is 2.13. The van der Waals surface area contributed by atoms with Gasteiger partial charge in [-0.3, -0.25) is 14.0 Å². The minimum Gasteiger partial charge on any atom is -0.320 e. The number of carbonyl (C=O) groups excluding carboxylic acids is 1. The van der Waals surface area contributed by atoms with Crippen LogP contribution in [-0.2, 0) is 0 Å². The van der Waals surface area contributed by atoms with E-state index in [1.165, 1.54) is 15.7 Å². The maximum absolute atomic E-state index is 12.7. The standard InChI is InChI=1S/C19H15N3O2S2/c1-11-6-5-9-22-16(11)21-18-12(19(22)24)10-15(26-18)17(23)20-13-7-3-4-8-14(13)25-2/h3-10H,1-2H3,(H,20,23). The van der Waals surface area contributed by atoms with Crippen molar-refractivity contribution >= 4 is 50.6 Å². The zero-order valence-electron chi connectivity index (χ0n) is 14.1. The first-order valence-electron chi connectivity index (χ1n) is 7.94. The molecule has 1 N–H and O–H groups in total. The number of thiophene rings is 1. The Bertz CT molecular complexity index is 1210. The van der Waals surface area contributed by atoms with Crippen molar-refractivity contribution in [2.75, 3.05) is 11.6 Å². The number of hydrogen-bond donors (Lipinski definition) is 1. The van der Waals surface area contributed by atoms with Gasteiger partial charge in [0.25, 0.3) is 11.5 Å². The molecule has 5 nitrogen and oxygen atoms in total. The Morgan fingerprint density at radius 3 is 2.85 bits per heavy atom. The second kappa shape index (κ2) is 6.59. The fourth-order valence-electron chi connectivity index (χ4n) is 2.80. The quantitative estimate of drug-likeness (QED) is 0.541. The monoisotopic (exact) mass is 381 g/mol. The molecule has 4 rings (SSSR count). The molecule has 1 amide bonds. The highest BCUT2D eigenvalue weighted by atomic mass is 32.2. The summed E-state index contributed by atoms with van der Waals surface area (Å²) in [6.45, 7) is 1.91. The molecule has 0 bridgehead atoms. The third-order valence-corrected chi connectivity index (χ3v) is 5.93. The Morgan fingerprint density at radius 1 is 1.23 bits per heavy atom. The van der Waals surface area contributed by atoms with Gasteiger partial charge in [0, 0.05) is 11.1 Å². The molecule has 0 atom stereocenters. The predicted octanol–water partition coefficient (Wildman–Crippen LogP) is 4.19. The van der Waals surface area contributed by atoms with Crippen LogP contribution < -0.4 is 10.9 Å². The van der Waals surface area contributed by atoms with Gasteiger partial charge in [0.2, 0.25) is 0 Å². The van der Waals surface area contributed by atoms with Crippen LogP contribution in [0.25, 0.3) is 15.9 Å². The van der Waals surface area contributed by atoms with E-state index in [9.17, 15) is 9.59 Å². The van der Waals surface area contributed by atoms with E-state index in [-0.39, 0.29) is 11.5 Å². The first-order valence-corrected chi connectivity index (χ1v) is 9.98. The Hall–Kier alpha value is -2.64. The van der Waals surface area contributed by atoms with Gasteiger partial charge < -0.3 is 5.32 Å². The van der Waals surface area contributed by atoms with Gasteiger partial charge in [-0.2, -0.15) is 0 Å². The van der Waals surface area contributed by atoms with Gasteiger partial charge in [0.05, 0.1) is 16.0 Å². The second-order valence-corrected chi connectivity index (χ2v) is 7.66. The molecular formula is C19H15N3O2S2. The molecule has 3 heterocycles. The zero-order chi connectivity index (χ0) is 18.3. The Morgan fingerprint density at radius 2 is 2.04 bits per heavy atom. The van der Waals surface area contributed by atoms with E-state index >= 15 is 0 Å². The summed E-state index contributed by atoms with van der Waals surface area (Å²) in [5.74, 6) is -0.236. The summed E-state index contributed by atoms with van der Waals surface area (Å²) in [7, 11) is 0. The first kappa shape index (κ1) is 16.8. The lowest BCUT2D eigenvalue weighted by atomic mass is 10.2. The van der Waals surface area contributed by atoms with Crippen LogP contribution in [0.15, 0.2) is 58.4 Å². The summed E-state index contributed by atoms with van der Waals surface area (Å²) in [6.07, 6.45) is 3.66. The summed E-state index contributed by atoms with van der Waals surface area (Å²) >= 11 is 2.80. The minimum absolute atomic E-state index is 0.159. The third kappa shape index (κ3) is 2.79. The number of thioether (sulfide) groups is 1. The molecule has 0 fully saturated rings. The largest absolute Gasteiger partial charge is 0.320 e. The van der Waals surface area contributed by atoms with Crippen molar-refractivity contribution in [3.63, 3.8) is 0 Å². The van der Waals surface area contributed by atoms with E-state index in [0.29, 0.717) is 20.7 Å². The molecule has 7 heteroatoms. The van der Waals surface area contributed by atoms with Crippen LogP contribution in [0.5, 0.6) is 0 Å². The average molecular weight is 381 g/mol. The van der Waals surface area contributed by atoms with E-state index < -0.39 is 0 Å². The lowest BCUT2D eigenvalue weighted by Crippen LogP contribution is -2.14. The average Bonchev–Trinajstić information content (AvgIpc) is 3.08. The van der Waals surface area contributed by atoms with Gasteiger partial charge >= 0.3 is 0 Å². The molecule has 130 valence electrons. The molecule has 1 aromatic carbocycles. The van der Waals surface area contributed by atoms with E-state index in [0.717, 1.165) is 16.1 Å². The van der Waals surface area contributed by atoms with E-state index in [2.05, 4.69) is 10.3 Å². The summed E-state index contributed by atoms with van der Waals surface area (Å²) in [5, 5.41) is 3.38. The fraction of sp³-hybridized carbons (Fsp3) is 0.105. The molecule has 0 spiro atoms. The number of para-hydroxylation sites is 1. The van der Waals surface area contributed by atoms with Crippen molar-refractivity contribution in [1.29, 1.82) is 0 Å². The van der Waals surface area contributed by atoms with Gasteiger partial charge in [-0.25, -0.2) is 4.98 Å². The van der Waals surface area contributed by atoms with E-state index in [1.54, 1.807) is 24.0 Å². The van der Waals surface area contributed by atoms with Gasteiger partial charge in [-0.1, -0.05) is 18.2 Å². The van der Waals surface area contributed by atoms with Gasteiger partial charge in [-0.05, 0) is 43.0 Å². The van der Waals surface area contributed by atoms with Crippen molar-refractivity contribution in [3.8, 4) is 0 Å². The number of anilines is 1. The number of amides is 1. The van der Waals surface area contributed by atoms with Crippen LogP contribution in [0.3, 0.4) is 0 Å². The number of hydrogen-bond acceptors (Lipinski definition) is 5. The molecule has 0 unspecified atom stereocenters. The number of benzene rings is 1. The van der Waals surface area contributed by atoms with Crippen LogP contribution in [0, 0.1) is 6.92 Å². The van der Waals surface area contributed by atoms with Crippen LogP contribution in [-0.4, -0.2) is 21.5 Å². The van der Waals surface area contributed by atoms with Crippen molar-refractivity contribution in [2.24, 2.45) is 0 Å². The second-order valence-electron chi connectivity index (χ2n) is 5.79. The maximum atomic E-state index is 12.7. The number of fused-ring (bicyclic) bond motifs is 2. The number of nitrogens with zero attached hydrogens (tertiary/aromatic N) is 2. The lowest BCUT2D eigenvalue weighted by Gasteiger charge is -2.07. The Labute approximate surface area is 157 Å². The number of rotatable bonds is 3. The zero-order valence-corrected chi connectivity index (χ0v) is 15.8. The molecule has 0 radical (unpaired) electrons. The number of nitrogens with one attached hydrogen (secondary N) is 1. The van der Waals surface area contributed by atoms with Gasteiger partial charge in [0.15, 0.2) is 0 Å². The number of aromatic nitrogens is 2. The fourth-order valence-corrected chi connectivity index (χ4v) is 4.27. The smallest absolute Gasteiger partial charge is 0.266 e. The molecule has 26 heavy (non-hydrogen) atoms. The van der Waals surface area contributed by atoms with Crippen LogP contribution in [0.1, 0.15) is 15.2 Å². The van der Waals surface area contributed by atoms with E-state index in [1.807, 2.05) is 49.6 Å². The van der Waals surface area contributed by atoms with Crippen molar-refractivity contribution in [3.05, 3.63) is 69.5 Å². The van der Waals surface area contributed by atoms with Gasteiger partial charge in [-0.15, -0.1) is 23.1 Å². The predicted molar refractivity (Wildman–Crippen MR) is 108 cm³/mol. The first-order chi connectivity index (χ1) is 12.6. The Kier molecular flexibility index (Phi) is 4.26. The number of carbonyl (C=O) groups is 1. The van der Waals surface area contributed by atoms with Crippen LogP contribution in [0.2, 0.25) is 0 Å². The molecule has 0 saturated carbocycles. The molecule has 0 aliphatic heterocycles. The molecule has 0 aliphatic carbocycles. The summed E-state index contributed by atoms with van der Waals surface area (Å²) in [6, 6.07) is 13.0. The molecule has 4 aromatic rings. The minimum atomic E-state index is -0.236. The van der Waals surface area contributed by atoms with Crippen molar-refractivity contribution in [2.45, 2.75) is 11.8 Å². The molecule has 0 aliphatic rings. The summed E-state index contributed by atoms with van der Waals surface area (Å²) in [4.78, 5) is 32.0. The van der Waals surface area contributed by atoms with Crippen LogP contribution >= 0.6 is 23.1 Å². The van der Waals surface area contributed by atoms with Gasteiger partial charge in [0.1, 0.15) is 10.5 Å².